The Kier molecular flexibility index (Phi) is 5.86. The van der Waals surface area contributed by atoms with E-state index in [0.29, 0.717) is 22.6 Å². The quantitative estimate of drug-likeness (QED) is 0.722. The zero-order chi connectivity index (χ0) is 17.5. The number of ether oxygens (including phenoxy) is 1. The first-order chi connectivity index (χ1) is 11.5. The molecule has 0 atom stereocenters. The van der Waals surface area contributed by atoms with Gasteiger partial charge in [0.1, 0.15) is 5.75 Å². The van der Waals surface area contributed by atoms with Crippen LogP contribution < -0.4 is 15.4 Å². The highest BCUT2D eigenvalue weighted by Crippen LogP contribution is 2.17. The zero-order valence-electron chi connectivity index (χ0n) is 12.9. The van der Waals surface area contributed by atoms with Gasteiger partial charge in [-0.1, -0.05) is 24.3 Å². The van der Waals surface area contributed by atoms with Crippen molar-refractivity contribution in [2.45, 2.75) is 6.42 Å². The number of carbonyl (C=O) groups is 2. The van der Waals surface area contributed by atoms with Gasteiger partial charge in [-0.3, -0.25) is 14.9 Å². The van der Waals surface area contributed by atoms with Crippen LogP contribution in [-0.4, -0.2) is 29.2 Å². The van der Waals surface area contributed by atoms with E-state index < -0.39 is 5.97 Å². The van der Waals surface area contributed by atoms with Crippen LogP contribution in [0.15, 0.2) is 48.5 Å². The van der Waals surface area contributed by atoms with Crippen molar-refractivity contribution in [1.29, 1.82) is 0 Å². The molecule has 0 radical (unpaired) electrons. The summed E-state index contributed by atoms with van der Waals surface area (Å²) in [5.74, 6) is -0.821. The molecule has 1 amide bonds. The Morgan fingerprint density at radius 2 is 1.79 bits per heavy atom. The number of rotatable bonds is 5. The van der Waals surface area contributed by atoms with Crippen LogP contribution in [0.25, 0.3) is 0 Å². The van der Waals surface area contributed by atoms with Gasteiger partial charge in [0.15, 0.2) is 5.11 Å². The number of hydrogen-bond donors (Lipinski definition) is 3. The topological polar surface area (TPSA) is 87.7 Å². The summed E-state index contributed by atoms with van der Waals surface area (Å²) in [5.41, 5.74) is 1.70. The first-order valence-electron chi connectivity index (χ1n) is 7.05. The molecule has 2 aromatic rings. The monoisotopic (exact) mass is 344 g/mol. The predicted octanol–water partition coefficient (Wildman–Crippen LogP) is 2.45. The van der Waals surface area contributed by atoms with Gasteiger partial charge in [0.05, 0.1) is 19.1 Å². The van der Waals surface area contributed by atoms with Gasteiger partial charge in [-0.05, 0) is 42.0 Å². The molecule has 124 valence electrons. The number of benzene rings is 2. The van der Waals surface area contributed by atoms with Gasteiger partial charge in [0, 0.05) is 5.69 Å². The molecule has 0 heterocycles. The van der Waals surface area contributed by atoms with Crippen LogP contribution in [-0.2, 0) is 11.2 Å². The minimum atomic E-state index is -0.893. The molecule has 0 bridgehead atoms. The third-order valence-corrected chi connectivity index (χ3v) is 3.35. The van der Waals surface area contributed by atoms with Gasteiger partial charge in [-0.25, -0.2) is 0 Å². The second-order valence-electron chi connectivity index (χ2n) is 4.88. The van der Waals surface area contributed by atoms with Gasteiger partial charge in [-0.2, -0.15) is 0 Å². The van der Waals surface area contributed by atoms with E-state index >= 15 is 0 Å². The number of para-hydroxylation sites is 1. The lowest BCUT2D eigenvalue weighted by Crippen LogP contribution is -2.34. The highest BCUT2D eigenvalue weighted by molar-refractivity contribution is 7.80. The van der Waals surface area contributed by atoms with Crippen LogP contribution in [0, 0.1) is 0 Å². The number of amides is 1. The predicted molar refractivity (Wildman–Crippen MR) is 94.5 cm³/mol. The van der Waals surface area contributed by atoms with Gasteiger partial charge < -0.3 is 15.2 Å². The molecule has 7 heteroatoms. The summed E-state index contributed by atoms with van der Waals surface area (Å²) < 4.78 is 5.14. The minimum Gasteiger partial charge on any atom is -0.496 e. The fraction of sp³-hybridized carbons (Fsp3) is 0.118. The fourth-order valence-corrected chi connectivity index (χ4v) is 2.26. The zero-order valence-corrected chi connectivity index (χ0v) is 13.7. The first-order valence-corrected chi connectivity index (χ1v) is 7.46. The number of nitrogens with one attached hydrogen (secondary N) is 2. The Morgan fingerprint density at radius 1 is 1.12 bits per heavy atom. The van der Waals surface area contributed by atoms with Crippen molar-refractivity contribution in [3.8, 4) is 5.75 Å². The molecule has 0 unspecified atom stereocenters. The van der Waals surface area contributed by atoms with Crippen LogP contribution in [0.2, 0.25) is 0 Å². The highest BCUT2D eigenvalue weighted by atomic mass is 32.1. The molecule has 0 spiro atoms. The Morgan fingerprint density at radius 3 is 2.42 bits per heavy atom. The number of anilines is 1. The molecule has 0 fully saturated rings. The third kappa shape index (κ3) is 4.79. The Labute approximate surface area is 144 Å². The molecule has 2 aromatic carbocycles. The number of thiocarbonyl (C=S) groups is 1. The van der Waals surface area contributed by atoms with Crippen LogP contribution in [0.1, 0.15) is 15.9 Å². The van der Waals surface area contributed by atoms with E-state index in [2.05, 4.69) is 10.6 Å². The van der Waals surface area contributed by atoms with Crippen molar-refractivity contribution in [3.05, 3.63) is 59.7 Å². The molecule has 0 aliphatic carbocycles. The third-order valence-electron chi connectivity index (χ3n) is 3.15. The molecule has 6 nitrogen and oxygen atoms in total. The van der Waals surface area contributed by atoms with Crippen LogP contribution in [0.4, 0.5) is 5.69 Å². The van der Waals surface area contributed by atoms with Crippen molar-refractivity contribution in [3.63, 3.8) is 0 Å². The van der Waals surface area contributed by atoms with Crippen molar-refractivity contribution in [2.24, 2.45) is 0 Å². The lowest BCUT2D eigenvalue weighted by atomic mass is 10.1. The largest absolute Gasteiger partial charge is 0.496 e. The van der Waals surface area contributed by atoms with Gasteiger partial charge in [0.2, 0.25) is 0 Å². The molecule has 0 aliphatic rings. The first kappa shape index (κ1) is 17.4. The molecular formula is C17H16N2O4S. The van der Waals surface area contributed by atoms with E-state index in [1.54, 1.807) is 48.5 Å². The number of carboxylic acids is 1. The van der Waals surface area contributed by atoms with Crippen molar-refractivity contribution >= 4 is 34.9 Å². The summed E-state index contributed by atoms with van der Waals surface area (Å²) in [6.45, 7) is 0. The highest BCUT2D eigenvalue weighted by Gasteiger charge is 2.12. The number of carbonyl (C=O) groups excluding carboxylic acids is 1. The summed E-state index contributed by atoms with van der Waals surface area (Å²) in [6.07, 6.45) is -0.0464. The van der Waals surface area contributed by atoms with Crippen molar-refractivity contribution in [2.75, 3.05) is 12.4 Å². The molecule has 0 aromatic heterocycles. The summed E-state index contributed by atoms with van der Waals surface area (Å²) in [5, 5.41) is 14.3. The molecule has 3 N–H and O–H groups in total. The van der Waals surface area contributed by atoms with Crippen LogP contribution in [0.3, 0.4) is 0 Å². The lowest BCUT2D eigenvalue weighted by molar-refractivity contribution is -0.136. The normalized spacial score (nSPS) is 9.88. The van der Waals surface area contributed by atoms with Crippen molar-refractivity contribution < 1.29 is 19.4 Å². The Hall–Kier alpha value is -2.93. The van der Waals surface area contributed by atoms with E-state index in [0.717, 1.165) is 0 Å². The molecule has 0 aliphatic heterocycles. The van der Waals surface area contributed by atoms with E-state index in [1.807, 2.05) is 0 Å². The maximum absolute atomic E-state index is 12.2. The van der Waals surface area contributed by atoms with Crippen LogP contribution in [0.5, 0.6) is 5.75 Å². The van der Waals surface area contributed by atoms with E-state index in [9.17, 15) is 9.59 Å². The van der Waals surface area contributed by atoms with Crippen LogP contribution >= 0.6 is 12.2 Å². The van der Waals surface area contributed by atoms with Crippen molar-refractivity contribution in [1.82, 2.24) is 5.32 Å². The number of aliphatic carboxylic acids is 1. The number of hydrogen-bond acceptors (Lipinski definition) is 4. The second kappa shape index (κ2) is 8.07. The maximum Gasteiger partial charge on any atom is 0.307 e. The number of methoxy groups -OCH3 is 1. The molecule has 24 heavy (non-hydrogen) atoms. The van der Waals surface area contributed by atoms with E-state index in [4.69, 9.17) is 22.1 Å². The Balaban J connectivity index is 1.97. The summed E-state index contributed by atoms with van der Waals surface area (Å²) >= 11 is 5.12. The standard InChI is InChI=1S/C17H16N2O4S/c1-23-14-5-3-2-4-13(14)16(22)19-17(24)18-12-8-6-11(7-9-12)10-15(20)21/h2-9H,10H2,1H3,(H,20,21)(H2,18,19,22,24). The SMILES string of the molecule is COc1ccccc1C(=O)NC(=S)Nc1ccc(CC(=O)O)cc1. The summed E-state index contributed by atoms with van der Waals surface area (Å²) in [6, 6.07) is 13.6. The summed E-state index contributed by atoms with van der Waals surface area (Å²) in [4.78, 5) is 22.9. The average Bonchev–Trinajstić information content (AvgIpc) is 2.56. The lowest BCUT2D eigenvalue weighted by Gasteiger charge is -2.11. The number of carboxylic acid groups (broad SMARTS) is 1. The minimum absolute atomic E-state index is 0.0464. The Bertz CT molecular complexity index is 759. The molecule has 0 saturated heterocycles. The summed E-state index contributed by atoms with van der Waals surface area (Å²) in [7, 11) is 1.49. The molecule has 0 saturated carbocycles. The fourth-order valence-electron chi connectivity index (χ4n) is 2.05. The maximum atomic E-state index is 12.2. The van der Waals surface area contributed by atoms with Gasteiger partial charge in [0.25, 0.3) is 5.91 Å². The molecule has 2 rings (SSSR count). The van der Waals surface area contributed by atoms with Gasteiger partial charge >= 0.3 is 5.97 Å². The second-order valence-corrected chi connectivity index (χ2v) is 5.28. The van der Waals surface area contributed by atoms with E-state index in [-0.39, 0.29) is 17.4 Å². The smallest absolute Gasteiger partial charge is 0.307 e. The molecular weight excluding hydrogens is 328 g/mol. The average molecular weight is 344 g/mol. The van der Waals surface area contributed by atoms with Gasteiger partial charge in [-0.15, -0.1) is 0 Å². The van der Waals surface area contributed by atoms with E-state index in [1.165, 1.54) is 7.11 Å².